The number of aromatic nitrogens is 1. The summed E-state index contributed by atoms with van der Waals surface area (Å²) in [4.78, 5) is 13.7. The van der Waals surface area contributed by atoms with Crippen LogP contribution in [0.15, 0.2) is 41.5 Å². The fourth-order valence-corrected chi connectivity index (χ4v) is 3.62. The molecule has 0 bridgehead atoms. The molecular formula is C23H34IN5O3. The number of benzene rings is 1. The quantitative estimate of drug-likeness (QED) is 0.305. The molecule has 1 aromatic carbocycles. The lowest BCUT2D eigenvalue weighted by Gasteiger charge is -2.36. The number of nitrogens with zero attached hydrogens (tertiary/aromatic N) is 4. The number of hydrogen-bond acceptors (Lipinski definition) is 6. The van der Waals surface area contributed by atoms with Gasteiger partial charge in [0.05, 0.1) is 27.9 Å². The number of pyridine rings is 1. The van der Waals surface area contributed by atoms with E-state index in [2.05, 4.69) is 33.1 Å². The molecule has 1 N–H and O–H groups in total. The van der Waals surface area contributed by atoms with Crippen molar-refractivity contribution < 1.29 is 14.2 Å². The lowest BCUT2D eigenvalue weighted by molar-refractivity contribution is 0.171. The molecule has 176 valence electrons. The van der Waals surface area contributed by atoms with Gasteiger partial charge in [-0.15, -0.1) is 24.0 Å². The van der Waals surface area contributed by atoms with Crippen molar-refractivity contribution in [2.75, 3.05) is 54.1 Å². The summed E-state index contributed by atoms with van der Waals surface area (Å²) in [6.07, 6.45) is 1.75. The van der Waals surface area contributed by atoms with Gasteiger partial charge in [-0.3, -0.25) is 4.90 Å². The molecule has 3 rings (SSSR count). The van der Waals surface area contributed by atoms with E-state index in [-0.39, 0.29) is 24.0 Å². The second-order valence-corrected chi connectivity index (χ2v) is 7.32. The third kappa shape index (κ3) is 7.13. The van der Waals surface area contributed by atoms with Crippen molar-refractivity contribution in [3.8, 4) is 17.4 Å². The van der Waals surface area contributed by atoms with Crippen LogP contribution in [0, 0.1) is 0 Å². The summed E-state index contributed by atoms with van der Waals surface area (Å²) < 4.78 is 16.1. The zero-order valence-electron chi connectivity index (χ0n) is 19.3. The number of guanidine groups is 1. The molecule has 1 saturated heterocycles. The SMILES string of the molecule is CCNC(=NCc1ccnc(OC)c1)N1CCN(Cc2cc(OC)ccc2OC)CC1.I. The van der Waals surface area contributed by atoms with Gasteiger partial charge >= 0.3 is 0 Å². The van der Waals surface area contributed by atoms with Crippen LogP contribution in [0.3, 0.4) is 0 Å². The van der Waals surface area contributed by atoms with Crippen molar-refractivity contribution in [1.82, 2.24) is 20.1 Å². The number of rotatable bonds is 8. The molecule has 0 saturated carbocycles. The Morgan fingerprint density at radius 3 is 2.47 bits per heavy atom. The molecule has 2 aromatic rings. The van der Waals surface area contributed by atoms with E-state index in [1.165, 1.54) is 0 Å². The van der Waals surface area contributed by atoms with Crippen LogP contribution < -0.4 is 19.5 Å². The molecule has 1 aromatic heterocycles. The zero-order valence-corrected chi connectivity index (χ0v) is 21.7. The Balaban J connectivity index is 0.00000363. The van der Waals surface area contributed by atoms with Crippen LogP contribution in [0.2, 0.25) is 0 Å². The number of nitrogens with one attached hydrogen (secondary N) is 1. The fraction of sp³-hybridized carbons (Fsp3) is 0.478. The second kappa shape index (κ2) is 13.3. The van der Waals surface area contributed by atoms with Crippen LogP contribution in [-0.4, -0.2) is 74.8 Å². The van der Waals surface area contributed by atoms with Gasteiger partial charge in [0, 0.05) is 57.1 Å². The maximum absolute atomic E-state index is 5.53. The van der Waals surface area contributed by atoms with E-state index in [4.69, 9.17) is 19.2 Å². The van der Waals surface area contributed by atoms with Crippen molar-refractivity contribution >= 4 is 29.9 Å². The van der Waals surface area contributed by atoms with Crippen LogP contribution in [0.1, 0.15) is 18.1 Å². The summed E-state index contributed by atoms with van der Waals surface area (Å²) in [6.45, 7) is 8.08. The minimum absolute atomic E-state index is 0. The molecule has 0 unspecified atom stereocenters. The van der Waals surface area contributed by atoms with Crippen LogP contribution in [0.25, 0.3) is 0 Å². The van der Waals surface area contributed by atoms with Gasteiger partial charge in [0.15, 0.2) is 5.96 Å². The van der Waals surface area contributed by atoms with Gasteiger partial charge in [-0.05, 0) is 36.8 Å². The monoisotopic (exact) mass is 555 g/mol. The molecule has 0 aliphatic carbocycles. The summed E-state index contributed by atoms with van der Waals surface area (Å²) in [7, 11) is 5.02. The maximum Gasteiger partial charge on any atom is 0.213 e. The first kappa shape index (κ1) is 26.0. The lowest BCUT2D eigenvalue weighted by atomic mass is 10.1. The second-order valence-electron chi connectivity index (χ2n) is 7.32. The average molecular weight is 555 g/mol. The number of methoxy groups -OCH3 is 3. The molecule has 2 heterocycles. The minimum Gasteiger partial charge on any atom is -0.497 e. The Hall–Kier alpha value is -2.27. The third-order valence-electron chi connectivity index (χ3n) is 5.31. The van der Waals surface area contributed by atoms with Crippen LogP contribution in [-0.2, 0) is 13.1 Å². The lowest BCUT2D eigenvalue weighted by Crippen LogP contribution is -2.52. The molecule has 0 atom stereocenters. The van der Waals surface area contributed by atoms with Crippen LogP contribution >= 0.6 is 24.0 Å². The number of ether oxygens (including phenoxy) is 3. The predicted molar refractivity (Wildman–Crippen MR) is 137 cm³/mol. The highest BCUT2D eigenvalue weighted by Gasteiger charge is 2.21. The van der Waals surface area contributed by atoms with Gasteiger partial charge in [0.25, 0.3) is 0 Å². The van der Waals surface area contributed by atoms with Crippen molar-refractivity contribution in [2.45, 2.75) is 20.0 Å². The van der Waals surface area contributed by atoms with E-state index in [9.17, 15) is 0 Å². The first-order chi connectivity index (χ1) is 15.2. The van der Waals surface area contributed by atoms with E-state index in [1.54, 1.807) is 27.5 Å². The number of halogens is 1. The smallest absolute Gasteiger partial charge is 0.213 e. The summed E-state index contributed by atoms with van der Waals surface area (Å²) in [5, 5.41) is 3.42. The van der Waals surface area contributed by atoms with Gasteiger partial charge in [0.1, 0.15) is 11.5 Å². The first-order valence-corrected chi connectivity index (χ1v) is 10.6. The third-order valence-corrected chi connectivity index (χ3v) is 5.31. The molecule has 0 amide bonds. The molecule has 9 heteroatoms. The molecule has 1 fully saturated rings. The highest BCUT2D eigenvalue weighted by atomic mass is 127. The fourth-order valence-electron chi connectivity index (χ4n) is 3.62. The Bertz CT molecular complexity index is 872. The van der Waals surface area contributed by atoms with Crippen LogP contribution in [0.5, 0.6) is 17.4 Å². The molecule has 1 aliphatic heterocycles. The maximum atomic E-state index is 5.53. The van der Waals surface area contributed by atoms with E-state index < -0.39 is 0 Å². The van der Waals surface area contributed by atoms with Gasteiger partial charge in [-0.25, -0.2) is 9.98 Å². The summed E-state index contributed by atoms with van der Waals surface area (Å²) >= 11 is 0. The standard InChI is InChI=1S/C23H33N5O3.HI/c1-5-24-23(26-16-18-8-9-25-22(14-18)31-4)28-12-10-27(11-13-28)17-19-15-20(29-2)6-7-21(19)30-3;/h6-9,14-15H,5,10-13,16-17H2,1-4H3,(H,24,26);1H. The average Bonchev–Trinajstić information content (AvgIpc) is 2.82. The molecule has 8 nitrogen and oxygen atoms in total. The minimum atomic E-state index is 0. The molecule has 32 heavy (non-hydrogen) atoms. The Kier molecular flexibility index (Phi) is 10.8. The summed E-state index contributed by atoms with van der Waals surface area (Å²) in [5.41, 5.74) is 2.22. The summed E-state index contributed by atoms with van der Waals surface area (Å²) in [6, 6.07) is 9.84. The molecule has 1 aliphatic rings. The molecule has 0 radical (unpaired) electrons. The van der Waals surface area contributed by atoms with Crippen molar-refractivity contribution in [3.05, 3.63) is 47.7 Å². The van der Waals surface area contributed by atoms with Gasteiger partial charge < -0.3 is 24.4 Å². The highest BCUT2D eigenvalue weighted by molar-refractivity contribution is 14.0. The van der Waals surface area contributed by atoms with E-state index in [0.29, 0.717) is 12.4 Å². The molecular weight excluding hydrogens is 521 g/mol. The van der Waals surface area contributed by atoms with Gasteiger partial charge in [-0.1, -0.05) is 0 Å². The first-order valence-electron chi connectivity index (χ1n) is 10.6. The van der Waals surface area contributed by atoms with Crippen molar-refractivity contribution in [3.63, 3.8) is 0 Å². The largest absolute Gasteiger partial charge is 0.497 e. The van der Waals surface area contributed by atoms with Crippen molar-refractivity contribution in [1.29, 1.82) is 0 Å². The highest BCUT2D eigenvalue weighted by Crippen LogP contribution is 2.25. The van der Waals surface area contributed by atoms with E-state index >= 15 is 0 Å². The number of hydrogen-bond donors (Lipinski definition) is 1. The zero-order chi connectivity index (χ0) is 22.1. The Morgan fingerprint density at radius 2 is 1.81 bits per heavy atom. The number of aliphatic imine (C=N–C) groups is 1. The normalized spacial score (nSPS) is 14.5. The predicted octanol–water partition coefficient (Wildman–Crippen LogP) is 3.01. The van der Waals surface area contributed by atoms with Crippen LogP contribution in [0.4, 0.5) is 0 Å². The summed E-state index contributed by atoms with van der Waals surface area (Å²) in [5.74, 6) is 3.30. The van der Waals surface area contributed by atoms with Gasteiger partial charge in [-0.2, -0.15) is 0 Å². The van der Waals surface area contributed by atoms with Gasteiger partial charge in [0.2, 0.25) is 5.88 Å². The van der Waals surface area contributed by atoms with E-state index in [1.807, 2.05) is 24.3 Å². The molecule has 0 spiro atoms. The van der Waals surface area contributed by atoms with Crippen molar-refractivity contribution in [2.24, 2.45) is 4.99 Å². The Morgan fingerprint density at radius 1 is 1.03 bits per heavy atom. The topological polar surface area (TPSA) is 71.5 Å². The Labute approximate surface area is 208 Å². The van der Waals surface area contributed by atoms with E-state index in [0.717, 1.165) is 67.9 Å². The number of piperazine rings is 1.